The number of nitrogens with one attached hydrogen (secondary N) is 2. The van der Waals surface area contributed by atoms with Crippen LogP contribution in [0.4, 0.5) is 4.79 Å². The van der Waals surface area contributed by atoms with Gasteiger partial charge in [-0.25, -0.2) is 4.79 Å². The SMILES string of the molecule is C=C.CCCCCCCCCCCCC#CCCCNC(=O)NCC.CCOC=O. The van der Waals surface area contributed by atoms with E-state index in [-0.39, 0.29) is 6.03 Å². The van der Waals surface area contributed by atoms with Gasteiger partial charge in [-0.05, 0) is 26.7 Å². The van der Waals surface area contributed by atoms with Gasteiger partial charge in [0.1, 0.15) is 0 Å². The molecule has 0 heterocycles. The van der Waals surface area contributed by atoms with Crippen molar-refractivity contribution in [3.05, 3.63) is 13.2 Å². The fourth-order valence-electron chi connectivity index (χ4n) is 2.55. The summed E-state index contributed by atoms with van der Waals surface area (Å²) >= 11 is 0. The highest BCUT2D eigenvalue weighted by Gasteiger charge is 1.94. The van der Waals surface area contributed by atoms with E-state index >= 15 is 0 Å². The van der Waals surface area contributed by atoms with E-state index in [0.29, 0.717) is 26.2 Å². The van der Waals surface area contributed by atoms with E-state index in [4.69, 9.17) is 0 Å². The first-order chi connectivity index (χ1) is 14.7. The number of unbranched alkanes of at least 4 members (excludes halogenated alkanes) is 11. The molecule has 0 radical (unpaired) electrons. The van der Waals surface area contributed by atoms with E-state index in [9.17, 15) is 9.59 Å². The molecule has 0 aromatic heterocycles. The van der Waals surface area contributed by atoms with Gasteiger partial charge in [0.15, 0.2) is 0 Å². The highest BCUT2D eigenvalue weighted by molar-refractivity contribution is 5.73. The summed E-state index contributed by atoms with van der Waals surface area (Å²) in [7, 11) is 0. The summed E-state index contributed by atoms with van der Waals surface area (Å²) in [6, 6.07) is -0.0779. The Morgan fingerprint density at radius 1 is 0.800 bits per heavy atom. The van der Waals surface area contributed by atoms with Crippen LogP contribution >= 0.6 is 0 Å². The number of carbonyl (C=O) groups is 2. The van der Waals surface area contributed by atoms with Gasteiger partial charge >= 0.3 is 6.03 Å². The van der Waals surface area contributed by atoms with Crippen LogP contribution in [0.25, 0.3) is 0 Å². The first-order valence-corrected chi connectivity index (χ1v) is 11.7. The van der Waals surface area contributed by atoms with Crippen molar-refractivity contribution in [2.24, 2.45) is 0 Å². The Balaban J connectivity index is -0.000000901. The number of ether oxygens (including phenoxy) is 1. The van der Waals surface area contributed by atoms with Gasteiger partial charge in [-0.2, -0.15) is 0 Å². The molecule has 2 N–H and O–H groups in total. The van der Waals surface area contributed by atoms with E-state index in [1.165, 1.54) is 64.2 Å². The first kappa shape index (κ1) is 32.7. The predicted octanol–water partition coefficient (Wildman–Crippen LogP) is 6.38. The number of amides is 2. The molecule has 0 aromatic rings. The zero-order valence-electron chi connectivity index (χ0n) is 20.0. The number of hydrogen-bond donors (Lipinski definition) is 2. The third kappa shape index (κ3) is 36.9. The fourth-order valence-corrected chi connectivity index (χ4v) is 2.55. The van der Waals surface area contributed by atoms with Crippen LogP contribution in [-0.2, 0) is 9.53 Å². The smallest absolute Gasteiger partial charge is 0.314 e. The normalized spacial score (nSPS) is 8.90. The highest BCUT2D eigenvalue weighted by atomic mass is 16.5. The fraction of sp³-hybridized carbons (Fsp3) is 0.760. The van der Waals surface area contributed by atoms with E-state index in [2.05, 4.69) is 47.3 Å². The molecule has 0 spiro atoms. The van der Waals surface area contributed by atoms with Crippen molar-refractivity contribution in [2.45, 2.75) is 104 Å². The minimum absolute atomic E-state index is 0.0779. The Hall–Kier alpha value is -1.96. The minimum atomic E-state index is -0.0779. The third-order valence-corrected chi connectivity index (χ3v) is 4.12. The van der Waals surface area contributed by atoms with E-state index in [1.807, 2.05) is 6.92 Å². The molecule has 5 nitrogen and oxygen atoms in total. The Bertz CT molecular complexity index is 403. The molecule has 0 aliphatic rings. The Labute approximate surface area is 186 Å². The van der Waals surface area contributed by atoms with Crippen molar-refractivity contribution >= 4 is 12.5 Å². The predicted molar refractivity (Wildman–Crippen MR) is 129 cm³/mol. The van der Waals surface area contributed by atoms with Crippen molar-refractivity contribution in [1.29, 1.82) is 0 Å². The molecule has 0 saturated carbocycles. The van der Waals surface area contributed by atoms with Gasteiger partial charge in [0, 0.05) is 25.9 Å². The van der Waals surface area contributed by atoms with E-state index < -0.39 is 0 Å². The Kier molecular flexibility index (Phi) is 37.6. The van der Waals surface area contributed by atoms with Crippen molar-refractivity contribution in [3.8, 4) is 11.8 Å². The van der Waals surface area contributed by atoms with Gasteiger partial charge in [-0.3, -0.25) is 4.79 Å². The van der Waals surface area contributed by atoms with E-state index in [0.717, 1.165) is 19.3 Å². The van der Waals surface area contributed by atoms with Gasteiger partial charge < -0.3 is 15.4 Å². The zero-order valence-corrected chi connectivity index (χ0v) is 20.0. The van der Waals surface area contributed by atoms with Crippen LogP contribution in [0, 0.1) is 11.8 Å². The van der Waals surface area contributed by atoms with Gasteiger partial charge in [0.25, 0.3) is 6.47 Å². The van der Waals surface area contributed by atoms with Crippen LogP contribution in [0.1, 0.15) is 104 Å². The van der Waals surface area contributed by atoms with Crippen molar-refractivity contribution < 1.29 is 14.3 Å². The number of urea groups is 1. The lowest BCUT2D eigenvalue weighted by Crippen LogP contribution is -2.35. The summed E-state index contributed by atoms with van der Waals surface area (Å²) in [6.07, 6.45) is 16.6. The molecule has 2 amide bonds. The zero-order chi connectivity index (χ0) is 23.1. The summed E-state index contributed by atoms with van der Waals surface area (Å²) in [5.74, 6) is 6.45. The highest BCUT2D eigenvalue weighted by Crippen LogP contribution is 2.10. The summed E-state index contributed by atoms with van der Waals surface area (Å²) < 4.78 is 4.15. The summed E-state index contributed by atoms with van der Waals surface area (Å²) in [6.45, 7) is 14.2. The molecule has 0 aromatic carbocycles. The number of hydrogen-bond acceptors (Lipinski definition) is 3. The van der Waals surface area contributed by atoms with Crippen LogP contribution < -0.4 is 10.6 Å². The second-order valence-electron chi connectivity index (χ2n) is 6.73. The van der Waals surface area contributed by atoms with Crippen LogP contribution in [-0.4, -0.2) is 32.2 Å². The van der Waals surface area contributed by atoms with Gasteiger partial charge in [0.05, 0.1) is 6.61 Å². The van der Waals surface area contributed by atoms with Crippen LogP contribution in [0.15, 0.2) is 13.2 Å². The monoisotopic (exact) mass is 424 g/mol. The maximum atomic E-state index is 11.1. The molecular formula is C25H48N2O3. The number of carbonyl (C=O) groups excluding carboxylic acids is 2. The molecule has 0 atom stereocenters. The van der Waals surface area contributed by atoms with Crippen LogP contribution in [0.2, 0.25) is 0 Å². The molecule has 0 aliphatic heterocycles. The van der Waals surface area contributed by atoms with Crippen molar-refractivity contribution in [1.82, 2.24) is 10.6 Å². The average Bonchev–Trinajstić information content (AvgIpc) is 2.76. The summed E-state index contributed by atoms with van der Waals surface area (Å²) in [5.41, 5.74) is 0. The van der Waals surface area contributed by atoms with Crippen LogP contribution in [0.3, 0.4) is 0 Å². The summed E-state index contributed by atoms with van der Waals surface area (Å²) in [4.78, 5) is 20.3. The lowest BCUT2D eigenvalue weighted by Gasteiger charge is -2.03. The molecule has 0 aliphatic carbocycles. The second kappa shape index (κ2) is 34.5. The van der Waals surface area contributed by atoms with Crippen molar-refractivity contribution in [3.63, 3.8) is 0 Å². The van der Waals surface area contributed by atoms with Gasteiger partial charge in [-0.15, -0.1) is 25.0 Å². The minimum Gasteiger partial charge on any atom is -0.468 e. The van der Waals surface area contributed by atoms with Gasteiger partial charge in [0.2, 0.25) is 0 Å². The molecule has 176 valence electrons. The van der Waals surface area contributed by atoms with Crippen LogP contribution in [0.5, 0.6) is 0 Å². The molecule has 30 heavy (non-hydrogen) atoms. The molecule has 0 unspecified atom stereocenters. The second-order valence-corrected chi connectivity index (χ2v) is 6.73. The van der Waals surface area contributed by atoms with Gasteiger partial charge in [-0.1, -0.05) is 64.7 Å². The topological polar surface area (TPSA) is 67.4 Å². The molecule has 5 heteroatoms. The van der Waals surface area contributed by atoms with E-state index in [1.54, 1.807) is 6.92 Å². The summed E-state index contributed by atoms with van der Waals surface area (Å²) in [5, 5.41) is 5.52. The number of rotatable bonds is 16. The molecule has 0 bridgehead atoms. The lowest BCUT2D eigenvalue weighted by molar-refractivity contribution is -0.128. The largest absolute Gasteiger partial charge is 0.468 e. The third-order valence-electron chi connectivity index (χ3n) is 4.12. The molecule has 0 rings (SSSR count). The van der Waals surface area contributed by atoms with Crippen molar-refractivity contribution in [2.75, 3.05) is 19.7 Å². The first-order valence-electron chi connectivity index (χ1n) is 11.7. The quantitative estimate of drug-likeness (QED) is 0.131. The standard InChI is InChI=1S/C20H38N2O.C3H6O2.C2H4/c1-3-5-6-7-8-9-10-11-12-13-14-15-16-17-18-19-22-20(23)21-4-2;1-2-5-3-4;1-2/h3-14,17-19H2,1-2H3,(H2,21,22,23);3H,2H2,1H3;1-2H2. The molecule has 0 fully saturated rings. The molecule has 0 saturated heterocycles. The maximum absolute atomic E-state index is 11.1. The average molecular weight is 425 g/mol. The maximum Gasteiger partial charge on any atom is 0.314 e. The Morgan fingerprint density at radius 3 is 1.73 bits per heavy atom. The Morgan fingerprint density at radius 2 is 1.30 bits per heavy atom. The molecular weight excluding hydrogens is 376 g/mol. The lowest BCUT2D eigenvalue weighted by atomic mass is 10.1.